The fraction of sp³-hybridized carbons (Fsp3) is 0.368. The fourth-order valence-corrected chi connectivity index (χ4v) is 6.12. The molecule has 1 aromatic heterocycles. The summed E-state index contributed by atoms with van der Waals surface area (Å²) in [5.74, 6) is -1.46. The summed E-state index contributed by atoms with van der Waals surface area (Å²) < 4.78 is 37.7. The Balaban J connectivity index is 2.10. The lowest BCUT2D eigenvalue weighted by Gasteiger charge is -2.34. The van der Waals surface area contributed by atoms with Crippen LogP contribution in [0.4, 0.5) is 0 Å². The van der Waals surface area contributed by atoms with Crippen molar-refractivity contribution in [3.8, 4) is 0 Å². The number of rotatable bonds is 5. The van der Waals surface area contributed by atoms with E-state index in [0.717, 1.165) is 5.56 Å². The summed E-state index contributed by atoms with van der Waals surface area (Å²) in [6.45, 7) is 2.27. The Labute approximate surface area is 167 Å². The number of carbonyl (C=O) groups excluding carboxylic acids is 2. The van der Waals surface area contributed by atoms with Gasteiger partial charge in [-0.05, 0) is 48.1 Å². The molecule has 0 spiro atoms. The number of sulfonamides is 1. The Kier molecular flexibility index (Phi) is 5.87. The summed E-state index contributed by atoms with van der Waals surface area (Å²) in [5.41, 5.74) is 0.968. The van der Waals surface area contributed by atoms with E-state index in [1.807, 2.05) is 18.4 Å². The molecule has 0 amide bonds. The number of carbonyl (C=O) groups is 2. The van der Waals surface area contributed by atoms with Gasteiger partial charge in [0.15, 0.2) is 0 Å². The molecule has 9 heteroatoms. The molecule has 0 saturated carbocycles. The maximum Gasteiger partial charge on any atom is 0.337 e. The molecule has 28 heavy (non-hydrogen) atoms. The first-order valence-corrected chi connectivity index (χ1v) is 11.0. The number of benzene rings is 1. The second-order valence-electron chi connectivity index (χ2n) is 6.32. The molecule has 0 N–H and O–H groups in total. The van der Waals surface area contributed by atoms with Crippen LogP contribution < -0.4 is 0 Å². The lowest BCUT2D eigenvalue weighted by molar-refractivity contribution is 0.0598. The van der Waals surface area contributed by atoms with Crippen molar-refractivity contribution >= 4 is 33.3 Å². The van der Waals surface area contributed by atoms with Gasteiger partial charge in [-0.15, -0.1) is 11.3 Å². The average molecular weight is 424 g/mol. The van der Waals surface area contributed by atoms with Gasteiger partial charge in [-0.25, -0.2) is 18.0 Å². The second-order valence-corrected chi connectivity index (χ2v) is 9.21. The summed E-state index contributed by atoms with van der Waals surface area (Å²) in [7, 11) is -1.57. The first-order valence-electron chi connectivity index (χ1n) is 8.73. The highest BCUT2D eigenvalue weighted by atomic mass is 32.2. The zero-order valence-electron chi connectivity index (χ0n) is 15.8. The van der Waals surface area contributed by atoms with E-state index in [4.69, 9.17) is 9.47 Å². The van der Waals surface area contributed by atoms with Crippen LogP contribution in [-0.2, 0) is 25.9 Å². The molecule has 3 rings (SSSR count). The number of nitrogens with zero attached hydrogens (tertiary/aromatic N) is 1. The maximum atomic E-state index is 13.4. The topological polar surface area (TPSA) is 90.0 Å². The summed E-state index contributed by atoms with van der Waals surface area (Å²) in [5, 5.41) is 1.97. The van der Waals surface area contributed by atoms with Gasteiger partial charge in [0, 0.05) is 11.4 Å². The molecule has 1 aliphatic heterocycles. The van der Waals surface area contributed by atoms with Crippen LogP contribution in [0.1, 0.15) is 50.5 Å². The minimum atomic E-state index is -3.95. The van der Waals surface area contributed by atoms with Crippen molar-refractivity contribution in [2.45, 2.75) is 30.7 Å². The van der Waals surface area contributed by atoms with Crippen LogP contribution in [0, 0.1) is 0 Å². The van der Waals surface area contributed by atoms with Gasteiger partial charge in [-0.3, -0.25) is 0 Å². The summed E-state index contributed by atoms with van der Waals surface area (Å²) >= 11 is 1.63. The zero-order chi connectivity index (χ0) is 20.5. The molecule has 2 aromatic rings. The normalized spacial score (nSPS) is 17.0. The molecule has 0 saturated heterocycles. The van der Waals surface area contributed by atoms with Crippen LogP contribution in [0.3, 0.4) is 0 Å². The number of methoxy groups -OCH3 is 2. The molecule has 1 aliphatic rings. The molecule has 0 unspecified atom stereocenters. The summed E-state index contributed by atoms with van der Waals surface area (Å²) in [4.78, 5) is 25.1. The van der Waals surface area contributed by atoms with E-state index in [1.54, 1.807) is 11.3 Å². The number of esters is 2. The third-order valence-corrected chi connectivity index (χ3v) is 7.67. The van der Waals surface area contributed by atoms with E-state index in [2.05, 4.69) is 0 Å². The highest BCUT2D eigenvalue weighted by Gasteiger charge is 2.36. The Morgan fingerprint density at radius 1 is 1.14 bits per heavy atom. The van der Waals surface area contributed by atoms with Gasteiger partial charge in [0.2, 0.25) is 10.0 Å². The molecule has 1 aromatic carbocycles. The van der Waals surface area contributed by atoms with E-state index < -0.39 is 22.0 Å². The second kappa shape index (κ2) is 8.02. The van der Waals surface area contributed by atoms with Crippen molar-refractivity contribution in [2.24, 2.45) is 0 Å². The van der Waals surface area contributed by atoms with Crippen LogP contribution >= 0.6 is 11.3 Å². The number of thiophene rings is 1. The van der Waals surface area contributed by atoms with Crippen molar-refractivity contribution in [3.05, 3.63) is 51.2 Å². The Bertz CT molecular complexity index is 977. The van der Waals surface area contributed by atoms with Crippen molar-refractivity contribution in [1.82, 2.24) is 4.31 Å². The predicted molar refractivity (Wildman–Crippen MR) is 104 cm³/mol. The molecule has 1 atom stereocenters. The molecule has 2 heterocycles. The fourth-order valence-electron chi connectivity index (χ4n) is 3.44. The minimum Gasteiger partial charge on any atom is -0.465 e. The maximum absolute atomic E-state index is 13.4. The van der Waals surface area contributed by atoms with E-state index in [-0.39, 0.29) is 22.1 Å². The third-order valence-electron chi connectivity index (χ3n) is 4.79. The first-order chi connectivity index (χ1) is 13.3. The minimum absolute atomic E-state index is 0.0229. The number of fused-ring (bicyclic) bond motifs is 1. The highest BCUT2D eigenvalue weighted by Crippen LogP contribution is 2.38. The van der Waals surface area contributed by atoms with Gasteiger partial charge < -0.3 is 9.47 Å². The molecular formula is C19H21NO6S2. The van der Waals surface area contributed by atoms with Gasteiger partial charge in [0.05, 0.1) is 36.3 Å². The SMILES string of the molecule is CC[C@@H]1c2ccsc2CCN1S(=O)(=O)c1cc(C(=O)OC)cc(C(=O)OC)c1. The predicted octanol–water partition coefficient (Wildman–Crippen LogP) is 3.02. The van der Waals surface area contributed by atoms with E-state index in [0.29, 0.717) is 19.4 Å². The molecule has 0 aliphatic carbocycles. The van der Waals surface area contributed by atoms with Crippen molar-refractivity contribution in [3.63, 3.8) is 0 Å². The quantitative estimate of drug-likeness (QED) is 0.687. The highest BCUT2D eigenvalue weighted by molar-refractivity contribution is 7.89. The summed E-state index contributed by atoms with van der Waals surface area (Å²) in [6, 6.07) is 5.41. The van der Waals surface area contributed by atoms with Crippen LogP contribution in [0.2, 0.25) is 0 Å². The Morgan fingerprint density at radius 3 is 2.29 bits per heavy atom. The zero-order valence-corrected chi connectivity index (χ0v) is 17.4. The number of ether oxygens (including phenoxy) is 2. The van der Waals surface area contributed by atoms with Gasteiger partial charge in [-0.2, -0.15) is 4.31 Å². The van der Waals surface area contributed by atoms with E-state index in [9.17, 15) is 18.0 Å². The molecule has 0 fully saturated rings. The Hall–Kier alpha value is -2.23. The first kappa shape index (κ1) is 20.5. The van der Waals surface area contributed by atoms with Gasteiger partial charge >= 0.3 is 11.9 Å². The van der Waals surface area contributed by atoms with E-state index in [1.165, 1.54) is 41.6 Å². The van der Waals surface area contributed by atoms with Crippen molar-refractivity contribution in [1.29, 1.82) is 0 Å². The van der Waals surface area contributed by atoms with Crippen molar-refractivity contribution < 1.29 is 27.5 Å². The van der Waals surface area contributed by atoms with E-state index >= 15 is 0 Å². The molecule has 150 valence electrons. The number of hydrogen-bond donors (Lipinski definition) is 0. The van der Waals surface area contributed by atoms with Gasteiger partial charge in [0.25, 0.3) is 0 Å². The van der Waals surface area contributed by atoms with Crippen LogP contribution in [0.15, 0.2) is 34.5 Å². The number of hydrogen-bond acceptors (Lipinski definition) is 7. The molecular weight excluding hydrogens is 402 g/mol. The van der Waals surface area contributed by atoms with Crippen LogP contribution in [-0.4, -0.2) is 45.4 Å². The van der Waals surface area contributed by atoms with Gasteiger partial charge in [-0.1, -0.05) is 6.92 Å². The molecule has 0 bridgehead atoms. The third kappa shape index (κ3) is 3.57. The Morgan fingerprint density at radius 2 is 1.75 bits per heavy atom. The lowest BCUT2D eigenvalue weighted by Crippen LogP contribution is -2.39. The van der Waals surface area contributed by atoms with Gasteiger partial charge in [0.1, 0.15) is 0 Å². The van der Waals surface area contributed by atoms with Crippen LogP contribution in [0.5, 0.6) is 0 Å². The molecule has 0 radical (unpaired) electrons. The smallest absolute Gasteiger partial charge is 0.337 e. The monoisotopic (exact) mass is 423 g/mol. The molecule has 7 nitrogen and oxygen atoms in total. The summed E-state index contributed by atoms with van der Waals surface area (Å²) in [6.07, 6.45) is 1.24. The van der Waals surface area contributed by atoms with Crippen LogP contribution in [0.25, 0.3) is 0 Å². The van der Waals surface area contributed by atoms with Crippen molar-refractivity contribution in [2.75, 3.05) is 20.8 Å². The average Bonchev–Trinajstić information content (AvgIpc) is 3.20. The largest absolute Gasteiger partial charge is 0.465 e. The standard InChI is InChI=1S/C19H21NO6S2/c1-4-16-15-6-8-27-17(15)5-7-20(16)28(23,24)14-10-12(18(21)25-2)9-13(11-14)19(22)26-3/h6,8-11,16H,4-5,7H2,1-3H3/t16-/m1/s1. The lowest BCUT2D eigenvalue weighted by atomic mass is 10.0.